The summed E-state index contributed by atoms with van der Waals surface area (Å²) >= 11 is 0. The third kappa shape index (κ3) is 4.40. The zero-order valence-corrected chi connectivity index (χ0v) is 27.8. The van der Waals surface area contributed by atoms with Crippen molar-refractivity contribution in [1.82, 2.24) is 9.97 Å². The van der Waals surface area contributed by atoms with Crippen LogP contribution in [-0.4, -0.2) is 9.97 Å². The van der Waals surface area contributed by atoms with Gasteiger partial charge in [-0.2, -0.15) is 0 Å². The molecule has 0 radical (unpaired) electrons. The van der Waals surface area contributed by atoms with Gasteiger partial charge < -0.3 is 0 Å². The molecular formula is C47H32N4. The van der Waals surface area contributed by atoms with E-state index in [4.69, 9.17) is 9.97 Å². The highest BCUT2D eigenvalue weighted by atomic mass is 15.2. The Balaban J connectivity index is 1.26. The lowest BCUT2D eigenvalue weighted by atomic mass is 9.70. The topological polar surface area (TPSA) is 32.3 Å². The first-order valence-corrected chi connectivity index (χ1v) is 17.3. The molecule has 4 nitrogen and oxygen atoms in total. The number of rotatable bonds is 6. The number of benzene rings is 6. The molecule has 10 rings (SSSR count). The molecular weight excluding hydrogens is 621 g/mol. The number of hydrogen-bond donors (Lipinski definition) is 0. The normalized spacial score (nSPS) is 12.9. The zero-order chi connectivity index (χ0) is 33.8. The number of para-hydroxylation sites is 2. The van der Waals surface area contributed by atoms with Crippen LogP contribution in [0.15, 0.2) is 194 Å². The summed E-state index contributed by atoms with van der Waals surface area (Å²) in [6.07, 6.45) is 3.72. The van der Waals surface area contributed by atoms with Crippen LogP contribution < -0.4 is 9.80 Å². The van der Waals surface area contributed by atoms with Crippen molar-refractivity contribution in [1.29, 1.82) is 0 Å². The lowest BCUT2D eigenvalue weighted by Gasteiger charge is -2.33. The number of fused-ring (bicyclic) bond motifs is 10. The van der Waals surface area contributed by atoms with Gasteiger partial charge in [0.15, 0.2) is 0 Å². The van der Waals surface area contributed by atoms with Gasteiger partial charge in [0, 0.05) is 35.1 Å². The standard InChI is InChI=1S/C47H32N4/c1-3-15-33(16-4-1)50(45-23-11-13-29-48-45)35-25-27-39-40-28-26-36(51(34-17-5-2-6-18-34)46-24-12-14-30-49-46)32-44(40)47(43(39)31-35)41-21-9-7-19-37(41)38-20-8-10-22-42(38)47/h1-32H. The average Bonchev–Trinajstić information content (AvgIpc) is 3.67. The van der Waals surface area contributed by atoms with E-state index in [1.807, 2.05) is 36.7 Å². The van der Waals surface area contributed by atoms with Gasteiger partial charge in [-0.15, -0.1) is 0 Å². The second-order valence-electron chi connectivity index (χ2n) is 13.0. The summed E-state index contributed by atoms with van der Waals surface area (Å²) in [5.41, 5.74) is 13.9. The van der Waals surface area contributed by atoms with E-state index in [1.165, 1.54) is 44.5 Å². The smallest absolute Gasteiger partial charge is 0.137 e. The molecule has 2 aromatic heterocycles. The maximum Gasteiger partial charge on any atom is 0.137 e. The zero-order valence-electron chi connectivity index (χ0n) is 27.8. The third-order valence-electron chi connectivity index (χ3n) is 10.4. The molecule has 2 aliphatic rings. The minimum Gasteiger partial charge on any atom is -0.295 e. The van der Waals surface area contributed by atoms with Crippen LogP contribution in [0.5, 0.6) is 0 Å². The molecule has 2 heterocycles. The van der Waals surface area contributed by atoms with Gasteiger partial charge in [0.1, 0.15) is 11.6 Å². The predicted molar refractivity (Wildman–Crippen MR) is 208 cm³/mol. The van der Waals surface area contributed by atoms with Gasteiger partial charge >= 0.3 is 0 Å². The molecule has 0 unspecified atom stereocenters. The number of pyridine rings is 2. The molecule has 51 heavy (non-hydrogen) atoms. The highest BCUT2D eigenvalue weighted by molar-refractivity contribution is 5.97. The van der Waals surface area contributed by atoms with Crippen LogP contribution in [0.25, 0.3) is 22.3 Å². The maximum atomic E-state index is 4.83. The monoisotopic (exact) mass is 652 g/mol. The molecule has 8 aromatic rings. The van der Waals surface area contributed by atoms with Gasteiger partial charge in [0.25, 0.3) is 0 Å². The van der Waals surface area contributed by atoms with Crippen LogP contribution in [0.2, 0.25) is 0 Å². The second kappa shape index (κ2) is 11.7. The Morgan fingerprint density at radius 2 is 0.706 bits per heavy atom. The van der Waals surface area contributed by atoms with Gasteiger partial charge in [-0.1, -0.05) is 109 Å². The van der Waals surface area contributed by atoms with Crippen molar-refractivity contribution in [3.8, 4) is 22.3 Å². The molecule has 0 fully saturated rings. The number of aromatic nitrogens is 2. The van der Waals surface area contributed by atoms with Crippen molar-refractivity contribution in [3.05, 3.63) is 217 Å². The Labute approximate surface area is 297 Å². The Bertz CT molecular complexity index is 2270. The molecule has 0 saturated carbocycles. The van der Waals surface area contributed by atoms with Crippen LogP contribution >= 0.6 is 0 Å². The summed E-state index contributed by atoms with van der Waals surface area (Å²) in [7, 11) is 0. The third-order valence-corrected chi connectivity index (χ3v) is 10.4. The molecule has 0 N–H and O–H groups in total. The Morgan fingerprint density at radius 3 is 1.14 bits per heavy atom. The fourth-order valence-corrected chi connectivity index (χ4v) is 8.35. The summed E-state index contributed by atoms with van der Waals surface area (Å²) in [4.78, 5) is 14.2. The summed E-state index contributed by atoms with van der Waals surface area (Å²) in [5.74, 6) is 1.74. The maximum absolute atomic E-state index is 4.83. The Hall–Kier alpha value is -6.78. The van der Waals surface area contributed by atoms with Crippen molar-refractivity contribution in [3.63, 3.8) is 0 Å². The highest BCUT2D eigenvalue weighted by Crippen LogP contribution is 2.64. The summed E-state index contributed by atoms with van der Waals surface area (Å²) in [5, 5.41) is 0. The first-order chi connectivity index (χ1) is 25.3. The van der Waals surface area contributed by atoms with Crippen molar-refractivity contribution in [2.75, 3.05) is 9.80 Å². The largest absolute Gasteiger partial charge is 0.295 e. The molecule has 0 amide bonds. The Kier molecular flexibility index (Phi) is 6.68. The SMILES string of the molecule is c1ccc(N(c2ccc3c(c2)C2(c4ccccc4-c4ccccc42)c2cc(N(c4ccccc4)c4ccccn4)ccc2-3)c2ccccn2)cc1. The van der Waals surface area contributed by atoms with Crippen LogP contribution in [0.4, 0.5) is 34.4 Å². The van der Waals surface area contributed by atoms with E-state index in [0.717, 1.165) is 34.4 Å². The minimum atomic E-state index is -0.539. The van der Waals surface area contributed by atoms with Crippen LogP contribution in [0.1, 0.15) is 22.3 Å². The molecule has 0 atom stereocenters. The van der Waals surface area contributed by atoms with E-state index in [2.05, 4.69) is 168 Å². The summed E-state index contributed by atoms with van der Waals surface area (Å²) in [6.45, 7) is 0. The molecule has 0 bridgehead atoms. The first-order valence-electron chi connectivity index (χ1n) is 17.3. The second-order valence-corrected chi connectivity index (χ2v) is 13.0. The number of hydrogen-bond acceptors (Lipinski definition) is 4. The van der Waals surface area contributed by atoms with Gasteiger partial charge in [0.2, 0.25) is 0 Å². The van der Waals surface area contributed by atoms with Gasteiger partial charge in [-0.3, -0.25) is 9.80 Å². The van der Waals surface area contributed by atoms with Gasteiger partial charge in [-0.05, 0) is 117 Å². The molecule has 0 aliphatic heterocycles. The summed E-state index contributed by atoms with van der Waals surface area (Å²) in [6, 6.07) is 65.1. The van der Waals surface area contributed by atoms with E-state index < -0.39 is 5.41 Å². The lowest BCUT2D eigenvalue weighted by Crippen LogP contribution is -2.26. The quantitative estimate of drug-likeness (QED) is 0.179. The van der Waals surface area contributed by atoms with E-state index in [-0.39, 0.29) is 0 Å². The fourth-order valence-electron chi connectivity index (χ4n) is 8.35. The van der Waals surface area contributed by atoms with Crippen molar-refractivity contribution >= 4 is 34.4 Å². The summed E-state index contributed by atoms with van der Waals surface area (Å²) < 4.78 is 0. The van der Waals surface area contributed by atoms with Crippen LogP contribution in [0, 0.1) is 0 Å². The fraction of sp³-hybridized carbons (Fsp3) is 0.0213. The Morgan fingerprint density at radius 1 is 0.314 bits per heavy atom. The van der Waals surface area contributed by atoms with Gasteiger partial charge in [0.05, 0.1) is 5.41 Å². The average molecular weight is 653 g/mol. The van der Waals surface area contributed by atoms with E-state index in [1.54, 1.807) is 0 Å². The molecule has 4 heteroatoms. The van der Waals surface area contributed by atoms with E-state index >= 15 is 0 Å². The molecule has 6 aromatic carbocycles. The van der Waals surface area contributed by atoms with Crippen LogP contribution in [0.3, 0.4) is 0 Å². The molecule has 2 aliphatic carbocycles. The first kappa shape index (κ1) is 29.2. The predicted octanol–water partition coefficient (Wildman–Crippen LogP) is 11.8. The molecule has 0 saturated heterocycles. The molecule has 1 spiro atoms. The number of nitrogens with zero attached hydrogens (tertiary/aromatic N) is 4. The van der Waals surface area contributed by atoms with E-state index in [9.17, 15) is 0 Å². The van der Waals surface area contributed by atoms with Crippen molar-refractivity contribution < 1.29 is 0 Å². The van der Waals surface area contributed by atoms with Gasteiger partial charge in [-0.25, -0.2) is 9.97 Å². The van der Waals surface area contributed by atoms with E-state index in [0.29, 0.717) is 0 Å². The highest BCUT2D eigenvalue weighted by Gasteiger charge is 2.52. The lowest BCUT2D eigenvalue weighted by molar-refractivity contribution is 0.793. The number of anilines is 6. The van der Waals surface area contributed by atoms with Crippen molar-refractivity contribution in [2.24, 2.45) is 0 Å². The van der Waals surface area contributed by atoms with Crippen LogP contribution in [-0.2, 0) is 5.41 Å². The molecule has 240 valence electrons. The minimum absolute atomic E-state index is 0.539. The van der Waals surface area contributed by atoms with Crippen molar-refractivity contribution in [2.45, 2.75) is 5.41 Å².